The quantitative estimate of drug-likeness (QED) is 0.0261. The minimum absolute atomic E-state index is 0.193. The van der Waals surface area contributed by atoms with Gasteiger partial charge >= 0.3 is 0 Å². The third-order valence-electron chi connectivity index (χ3n) is 14.5. The van der Waals surface area contributed by atoms with E-state index in [2.05, 4.69) is 129 Å². The van der Waals surface area contributed by atoms with E-state index in [0.29, 0.717) is 6.42 Å². The molecule has 0 radical (unpaired) electrons. The highest BCUT2D eigenvalue weighted by atomic mass is 16.7. The van der Waals surface area contributed by atoms with E-state index in [4.69, 9.17) is 9.47 Å². The summed E-state index contributed by atoms with van der Waals surface area (Å²) in [5.41, 5.74) is 0. The number of aliphatic hydroxyl groups excluding tert-OH is 5. The molecule has 7 atom stereocenters. The second-order valence-electron chi connectivity index (χ2n) is 21.8. The fourth-order valence-corrected chi connectivity index (χ4v) is 9.46. The molecule has 1 saturated heterocycles. The number of hydrogen-bond donors (Lipinski definition) is 6. The number of unbranched alkanes of at least 4 members (excludes halogenated alkanes) is 26. The standard InChI is InChI=1S/C70H119NO8/c1-3-5-7-9-11-13-15-17-19-21-22-23-24-25-26-27-28-29-30-31-32-33-34-35-36-37-38-39-40-41-42-44-46-48-50-52-54-56-58-60-66(74)71-63(62-78-70-69(77)68(76)67(75)65(61-72)79-70)64(73)59-57-55-53-51-49-47-45-43-20-18-16-14-12-10-8-6-4-2/h5,7,11,13,17,19-20,22-23,25-26,28-29,31-32,43,49,51,57,59,63-65,67-70,72-73,75-77H,3-4,6,8-10,12,14-16,18,21,24,27,30,33-42,44-48,50,52-56,58,60-62H2,1-2H3,(H,71,74)/b7-5-,13-11-,19-17-,23-22-,26-25-,29-28-,32-31-,43-20+,51-49+,59-57+. The molecule has 7 unspecified atom stereocenters. The van der Waals surface area contributed by atoms with Gasteiger partial charge in [-0.2, -0.15) is 0 Å². The van der Waals surface area contributed by atoms with E-state index < -0.39 is 49.5 Å². The van der Waals surface area contributed by atoms with Crippen LogP contribution in [0.4, 0.5) is 0 Å². The number of allylic oxidation sites excluding steroid dienone is 19. The lowest BCUT2D eigenvalue weighted by atomic mass is 9.99. The SMILES string of the molecule is CC/C=C\C/C=C\C/C=C\C/C=C\C/C=C\C/C=C\C/C=C\CCCCCCCCCCCCCCCCCCCC(=O)NC(COC1OC(CO)C(O)C(O)C1O)C(O)/C=C/CC/C=C/CC/C=C/CCCCCCCCC. The Balaban J connectivity index is 2.13. The second-order valence-corrected chi connectivity index (χ2v) is 21.8. The summed E-state index contributed by atoms with van der Waals surface area (Å²) in [5, 5.41) is 54.5. The fourth-order valence-electron chi connectivity index (χ4n) is 9.46. The van der Waals surface area contributed by atoms with Crippen molar-refractivity contribution in [1.82, 2.24) is 5.32 Å². The first-order chi connectivity index (χ1) is 38.8. The van der Waals surface area contributed by atoms with E-state index in [1.807, 2.05) is 6.08 Å². The van der Waals surface area contributed by atoms with Crippen LogP contribution in [-0.2, 0) is 14.3 Å². The zero-order valence-electron chi connectivity index (χ0n) is 50.3. The number of aliphatic hydroxyl groups is 5. The van der Waals surface area contributed by atoms with Gasteiger partial charge in [-0.25, -0.2) is 0 Å². The van der Waals surface area contributed by atoms with E-state index in [1.165, 1.54) is 141 Å². The Bertz CT molecular complexity index is 1660. The summed E-state index contributed by atoms with van der Waals surface area (Å²) < 4.78 is 11.3. The molecule has 0 aromatic carbocycles. The number of hydrogen-bond acceptors (Lipinski definition) is 8. The first-order valence-electron chi connectivity index (χ1n) is 32.3. The van der Waals surface area contributed by atoms with Gasteiger partial charge in [-0.3, -0.25) is 4.79 Å². The lowest BCUT2D eigenvalue weighted by Gasteiger charge is -2.40. The average Bonchev–Trinajstić information content (AvgIpc) is 3.48. The Labute approximate surface area is 484 Å². The zero-order valence-corrected chi connectivity index (χ0v) is 50.3. The predicted octanol–water partition coefficient (Wildman–Crippen LogP) is 17.1. The van der Waals surface area contributed by atoms with Crippen molar-refractivity contribution in [3.8, 4) is 0 Å². The van der Waals surface area contributed by atoms with Crippen molar-refractivity contribution in [3.05, 3.63) is 122 Å². The molecule has 9 heteroatoms. The highest BCUT2D eigenvalue weighted by Gasteiger charge is 2.44. The molecule has 0 aromatic heterocycles. The van der Waals surface area contributed by atoms with Crippen LogP contribution < -0.4 is 5.32 Å². The first kappa shape index (κ1) is 73.6. The van der Waals surface area contributed by atoms with Gasteiger partial charge in [-0.15, -0.1) is 0 Å². The molecule has 79 heavy (non-hydrogen) atoms. The zero-order chi connectivity index (χ0) is 57.2. The summed E-state index contributed by atoms with van der Waals surface area (Å²) in [6.07, 6.45) is 80.0. The van der Waals surface area contributed by atoms with Crippen LogP contribution in [0.1, 0.15) is 258 Å². The van der Waals surface area contributed by atoms with E-state index in [1.54, 1.807) is 6.08 Å². The Kier molecular flexibility index (Phi) is 53.9. The molecule has 0 aromatic rings. The van der Waals surface area contributed by atoms with Crippen LogP contribution in [0.2, 0.25) is 0 Å². The summed E-state index contributed by atoms with van der Waals surface area (Å²) in [4.78, 5) is 13.1. The van der Waals surface area contributed by atoms with Crippen molar-refractivity contribution < 1.29 is 39.8 Å². The van der Waals surface area contributed by atoms with Crippen LogP contribution in [0.15, 0.2) is 122 Å². The van der Waals surface area contributed by atoms with Crippen LogP contribution in [0.25, 0.3) is 0 Å². The smallest absolute Gasteiger partial charge is 0.220 e. The maximum Gasteiger partial charge on any atom is 0.220 e. The number of carbonyl (C=O) groups excluding carboxylic acids is 1. The van der Waals surface area contributed by atoms with Crippen molar-refractivity contribution in [3.63, 3.8) is 0 Å². The molecule has 1 rings (SSSR count). The Hall–Kier alpha value is -3.41. The normalized spacial score (nSPS) is 19.4. The third kappa shape index (κ3) is 46.9. The largest absolute Gasteiger partial charge is 0.394 e. The molecule has 1 aliphatic rings. The number of ether oxygens (including phenoxy) is 2. The van der Waals surface area contributed by atoms with E-state index in [9.17, 15) is 30.3 Å². The van der Waals surface area contributed by atoms with Gasteiger partial charge in [0, 0.05) is 6.42 Å². The number of rotatable bonds is 54. The third-order valence-corrected chi connectivity index (χ3v) is 14.5. The lowest BCUT2D eigenvalue weighted by Crippen LogP contribution is -2.60. The lowest BCUT2D eigenvalue weighted by molar-refractivity contribution is -0.302. The van der Waals surface area contributed by atoms with Crippen molar-refractivity contribution in [1.29, 1.82) is 0 Å². The van der Waals surface area contributed by atoms with Crippen molar-refractivity contribution in [2.24, 2.45) is 0 Å². The predicted molar refractivity (Wildman–Crippen MR) is 336 cm³/mol. The van der Waals surface area contributed by atoms with Gasteiger partial charge in [-0.05, 0) is 103 Å². The Morgan fingerprint density at radius 3 is 1.22 bits per heavy atom. The van der Waals surface area contributed by atoms with Crippen molar-refractivity contribution in [2.45, 2.75) is 301 Å². The molecule has 0 bridgehead atoms. The molecular formula is C70H119NO8. The molecule has 0 spiro atoms. The Morgan fingerprint density at radius 2 is 0.797 bits per heavy atom. The van der Waals surface area contributed by atoms with Gasteiger partial charge in [0.15, 0.2) is 6.29 Å². The Morgan fingerprint density at radius 1 is 0.443 bits per heavy atom. The topological polar surface area (TPSA) is 149 Å². The van der Waals surface area contributed by atoms with Crippen LogP contribution >= 0.6 is 0 Å². The number of amides is 1. The molecule has 452 valence electrons. The highest BCUT2D eigenvalue weighted by molar-refractivity contribution is 5.76. The van der Waals surface area contributed by atoms with Crippen LogP contribution in [-0.4, -0.2) is 87.5 Å². The summed E-state index contributed by atoms with van der Waals surface area (Å²) in [6, 6.07) is -0.834. The van der Waals surface area contributed by atoms with E-state index in [-0.39, 0.29) is 12.5 Å². The van der Waals surface area contributed by atoms with Crippen LogP contribution in [0.3, 0.4) is 0 Å². The maximum atomic E-state index is 13.1. The van der Waals surface area contributed by atoms with Gasteiger partial charge in [-0.1, -0.05) is 270 Å². The van der Waals surface area contributed by atoms with Crippen molar-refractivity contribution in [2.75, 3.05) is 13.2 Å². The first-order valence-corrected chi connectivity index (χ1v) is 32.3. The average molecular weight is 1100 g/mol. The highest BCUT2D eigenvalue weighted by Crippen LogP contribution is 2.23. The van der Waals surface area contributed by atoms with E-state index >= 15 is 0 Å². The van der Waals surface area contributed by atoms with Gasteiger partial charge < -0.3 is 40.3 Å². The van der Waals surface area contributed by atoms with Crippen LogP contribution in [0.5, 0.6) is 0 Å². The fraction of sp³-hybridized carbons (Fsp3) is 0.700. The van der Waals surface area contributed by atoms with Crippen molar-refractivity contribution >= 4 is 5.91 Å². The van der Waals surface area contributed by atoms with Gasteiger partial charge in [0.2, 0.25) is 5.91 Å². The molecule has 6 N–H and O–H groups in total. The van der Waals surface area contributed by atoms with Crippen LogP contribution in [0, 0.1) is 0 Å². The molecule has 1 fully saturated rings. The maximum absolute atomic E-state index is 13.1. The summed E-state index contributed by atoms with van der Waals surface area (Å²) >= 11 is 0. The minimum Gasteiger partial charge on any atom is -0.394 e. The molecule has 1 heterocycles. The van der Waals surface area contributed by atoms with Gasteiger partial charge in [0.1, 0.15) is 24.4 Å². The number of carbonyl (C=O) groups is 1. The van der Waals surface area contributed by atoms with E-state index in [0.717, 1.165) is 96.3 Å². The van der Waals surface area contributed by atoms with Gasteiger partial charge in [0.25, 0.3) is 0 Å². The molecule has 9 nitrogen and oxygen atoms in total. The minimum atomic E-state index is -1.58. The number of nitrogens with one attached hydrogen (secondary N) is 1. The second kappa shape index (κ2) is 57.8. The summed E-state index contributed by atoms with van der Waals surface area (Å²) in [5.74, 6) is -0.193. The summed E-state index contributed by atoms with van der Waals surface area (Å²) in [7, 11) is 0. The van der Waals surface area contributed by atoms with Gasteiger partial charge in [0.05, 0.1) is 25.4 Å². The molecular weight excluding hydrogens is 983 g/mol. The molecule has 0 aliphatic carbocycles. The summed E-state index contributed by atoms with van der Waals surface area (Å²) in [6.45, 7) is 3.64. The monoisotopic (exact) mass is 1100 g/mol. The molecule has 0 saturated carbocycles. The molecule has 1 amide bonds. The molecule has 1 aliphatic heterocycles.